The summed E-state index contributed by atoms with van der Waals surface area (Å²) >= 11 is 7.01. The normalized spacial score (nSPS) is 10.9. The van der Waals surface area contributed by atoms with E-state index in [4.69, 9.17) is 21.1 Å². The molecule has 0 bridgehead atoms. The van der Waals surface area contributed by atoms with Crippen LogP contribution in [-0.2, 0) is 0 Å². The molecule has 134 valence electrons. The maximum Gasteiger partial charge on any atom is 0.364 e. The van der Waals surface area contributed by atoms with Crippen LogP contribution in [0.15, 0.2) is 52.4 Å². The summed E-state index contributed by atoms with van der Waals surface area (Å²) in [5.41, 5.74) is 3.81. The highest BCUT2D eigenvalue weighted by Crippen LogP contribution is 2.23. The third-order valence-corrected chi connectivity index (χ3v) is 4.57. The fraction of sp³-hybridized carbons (Fsp3) is 0.118. The molecule has 7 nitrogen and oxygen atoms in total. The number of methoxy groups -OCH3 is 2. The molecule has 0 atom stereocenters. The number of halogens is 1. The van der Waals surface area contributed by atoms with Gasteiger partial charge >= 0.3 is 5.69 Å². The number of ether oxygens (including phenoxy) is 2. The average molecular weight is 391 g/mol. The minimum Gasteiger partial charge on any atom is -0.497 e. The van der Waals surface area contributed by atoms with Gasteiger partial charge in [-0.05, 0) is 47.9 Å². The minimum absolute atomic E-state index is 0.369. The van der Waals surface area contributed by atoms with Crippen LogP contribution in [0, 0.1) is 0 Å². The predicted molar refractivity (Wildman–Crippen MR) is 103 cm³/mol. The second kappa shape index (κ2) is 8.03. The van der Waals surface area contributed by atoms with Gasteiger partial charge in [0, 0.05) is 16.7 Å². The van der Waals surface area contributed by atoms with E-state index in [9.17, 15) is 4.79 Å². The highest BCUT2D eigenvalue weighted by molar-refractivity contribution is 7.10. The molecule has 0 saturated carbocycles. The molecule has 9 heteroatoms. The van der Waals surface area contributed by atoms with Gasteiger partial charge in [0.15, 0.2) is 0 Å². The van der Waals surface area contributed by atoms with Gasteiger partial charge in [0.2, 0.25) is 5.13 Å². The van der Waals surface area contributed by atoms with Gasteiger partial charge < -0.3 is 9.47 Å². The van der Waals surface area contributed by atoms with E-state index in [1.807, 2.05) is 6.07 Å². The lowest BCUT2D eigenvalue weighted by molar-refractivity contribution is 0.394. The molecule has 1 N–H and O–H groups in total. The lowest BCUT2D eigenvalue weighted by Crippen LogP contribution is -2.12. The SMILES string of the molecule is COc1ccc(/C=N/Nc2nc(=O)n(-c3ccc(Cl)cc3)s2)c(OC)c1. The maximum absolute atomic E-state index is 12.0. The first-order valence-corrected chi connectivity index (χ1v) is 8.63. The highest BCUT2D eigenvalue weighted by Gasteiger charge is 2.08. The van der Waals surface area contributed by atoms with Crippen molar-refractivity contribution < 1.29 is 9.47 Å². The van der Waals surface area contributed by atoms with Gasteiger partial charge in [0.1, 0.15) is 11.5 Å². The molecule has 3 aromatic rings. The van der Waals surface area contributed by atoms with Gasteiger partial charge in [-0.15, -0.1) is 0 Å². The van der Waals surface area contributed by atoms with Gasteiger partial charge in [-0.25, -0.2) is 8.75 Å². The summed E-state index contributed by atoms with van der Waals surface area (Å²) in [5.74, 6) is 1.31. The molecule has 3 rings (SSSR count). The fourth-order valence-corrected chi connectivity index (χ4v) is 3.00. The van der Waals surface area contributed by atoms with Crippen LogP contribution < -0.4 is 20.6 Å². The molecular formula is C17H15ClN4O3S. The number of hydrogen-bond acceptors (Lipinski definition) is 7. The summed E-state index contributed by atoms with van der Waals surface area (Å²) in [6, 6.07) is 12.3. The van der Waals surface area contributed by atoms with E-state index in [2.05, 4.69) is 15.5 Å². The van der Waals surface area contributed by atoms with E-state index in [1.54, 1.807) is 56.8 Å². The summed E-state index contributed by atoms with van der Waals surface area (Å²) in [6.07, 6.45) is 1.58. The van der Waals surface area contributed by atoms with Crippen LogP contribution in [0.25, 0.3) is 5.69 Å². The highest BCUT2D eigenvalue weighted by atomic mass is 35.5. The molecule has 1 heterocycles. The maximum atomic E-state index is 12.0. The number of nitrogens with one attached hydrogen (secondary N) is 1. The van der Waals surface area contributed by atoms with E-state index in [0.717, 1.165) is 17.1 Å². The molecule has 2 aromatic carbocycles. The standard InChI is InChI=1S/C17H15ClN4O3S/c1-24-14-8-3-11(15(9-14)25-2)10-19-21-16-20-17(23)22(26-16)13-6-4-12(18)5-7-13/h3-10H,1-2H3,(H,20,21,23)/b19-10+. The van der Waals surface area contributed by atoms with Crippen LogP contribution in [0.1, 0.15) is 5.56 Å². The Morgan fingerprint density at radius 3 is 2.65 bits per heavy atom. The Balaban J connectivity index is 1.76. The van der Waals surface area contributed by atoms with Crippen LogP contribution in [0.4, 0.5) is 5.13 Å². The third-order valence-electron chi connectivity index (χ3n) is 3.41. The van der Waals surface area contributed by atoms with Crippen LogP contribution >= 0.6 is 23.1 Å². The molecular weight excluding hydrogens is 376 g/mol. The molecule has 0 saturated heterocycles. The fourth-order valence-electron chi connectivity index (χ4n) is 2.15. The second-order valence-corrected chi connectivity index (χ2v) is 6.41. The molecule has 0 unspecified atom stereocenters. The quantitative estimate of drug-likeness (QED) is 0.515. The number of hydrazone groups is 1. The van der Waals surface area contributed by atoms with Gasteiger partial charge in [-0.2, -0.15) is 10.1 Å². The van der Waals surface area contributed by atoms with Crippen LogP contribution in [0.5, 0.6) is 11.5 Å². The van der Waals surface area contributed by atoms with Gasteiger partial charge in [-0.1, -0.05) is 11.6 Å². The summed E-state index contributed by atoms with van der Waals surface area (Å²) in [4.78, 5) is 16.0. The number of aromatic nitrogens is 2. The van der Waals surface area contributed by atoms with Gasteiger partial charge in [0.25, 0.3) is 0 Å². The van der Waals surface area contributed by atoms with E-state index in [-0.39, 0.29) is 0 Å². The Morgan fingerprint density at radius 1 is 1.19 bits per heavy atom. The average Bonchev–Trinajstić information content (AvgIpc) is 3.03. The van der Waals surface area contributed by atoms with Crippen molar-refractivity contribution in [3.63, 3.8) is 0 Å². The van der Waals surface area contributed by atoms with Crippen molar-refractivity contribution in [2.75, 3.05) is 19.6 Å². The topological polar surface area (TPSA) is 77.7 Å². The lowest BCUT2D eigenvalue weighted by atomic mass is 10.2. The Hall–Kier alpha value is -2.84. The molecule has 0 amide bonds. The Labute approximate surface area is 158 Å². The van der Waals surface area contributed by atoms with Crippen molar-refractivity contribution in [1.82, 2.24) is 8.94 Å². The molecule has 0 aliphatic carbocycles. The molecule has 0 radical (unpaired) electrons. The number of anilines is 1. The van der Waals surface area contributed by atoms with Crippen molar-refractivity contribution in [2.45, 2.75) is 0 Å². The van der Waals surface area contributed by atoms with Crippen molar-refractivity contribution in [3.05, 3.63) is 63.5 Å². The summed E-state index contributed by atoms with van der Waals surface area (Å²) < 4.78 is 11.9. The Bertz CT molecular complexity index is 982. The molecule has 0 aliphatic heterocycles. The smallest absolute Gasteiger partial charge is 0.364 e. The van der Waals surface area contributed by atoms with Crippen molar-refractivity contribution in [1.29, 1.82) is 0 Å². The molecule has 0 spiro atoms. The van der Waals surface area contributed by atoms with E-state index < -0.39 is 5.69 Å². The predicted octanol–water partition coefficient (Wildman–Crippen LogP) is 3.41. The van der Waals surface area contributed by atoms with Crippen LogP contribution in [-0.4, -0.2) is 29.4 Å². The van der Waals surface area contributed by atoms with Crippen LogP contribution in [0.2, 0.25) is 5.02 Å². The second-order valence-electron chi connectivity index (χ2n) is 5.04. The molecule has 0 aliphatic rings. The summed E-state index contributed by atoms with van der Waals surface area (Å²) in [6.45, 7) is 0. The number of hydrogen-bond donors (Lipinski definition) is 1. The summed E-state index contributed by atoms with van der Waals surface area (Å²) in [5, 5.41) is 5.09. The zero-order valence-electron chi connectivity index (χ0n) is 14.0. The third kappa shape index (κ3) is 4.04. The van der Waals surface area contributed by atoms with E-state index in [0.29, 0.717) is 27.3 Å². The van der Waals surface area contributed by atoms with Crippen molar-refractivity contribution in [2.24, 2.45) is 5.10 Å². The Kier molecular flexibility index (Phi) is 5.55. The number of benzene rings is 2. The molecule has 0 fully saturated rings. The van der Waals surface area contributed by atoms with Gasteiger partial charge in [-0.3, -0.25) is 5.43 Å². The molecule has 26 heavy (non-hydrogen) atoms. The largest absolute Gasteiger partial charge is 0.497 e. The van der Waals surface area contributed by atoms with E-state index in [1.165, 1.54) is 3.96 Å². The first-order valence-electron chi connectivity index (χ1n) is 7.48. The van der Waals surface area contributed by atoms with E-state index >= 15 is 0 Å². The number of rotatable bonds is 6. The molecule has 1 aromatic heterocycles. The Morgan fingerprint density at radius 2 is 1.96 bits per heavy atom. The van der Waals surface area contributed by atoms with Gasteiger partial charge in [0.05, 0.1) is 26.1 Å². The number of nitrogens with zero attached hydrogens (tertiary/aromatic N) is 3. The first kappa shape index (κ1) is 18.0. The van der Waals surface area contributed by atoms with Crippen molar-refractivity contribution >= 4 is 34.5 Å². The van der Waals surface area contributed by atoms with Crippen molar-refractivity contribution in [3.8, 4) is 17.2 Å². The zero-order valence-corrected chi connectivity index (χ0v) is 15.5. The van der Waals surface area contributed by atoms with Crippen LogP contribution in [0.3, 0.4) is 0 Å². The first-order chi connectivity index (χ1) is 12.6. The minimum atomic E-state index is -0.392. The lowest BCUT2D eigenvalue weighted by Gasteiger charge is -2.06. The zero-order chi connectivity index (χ0) is 18.5. The summed E-state index contributed by atoms with van der Waals surface area (Å²) in [7, 11) is 3.15. The monoisotopic (exact) mass is 390 g/mol.